The van der Waals surface area contributed by atoms with Crippen LogP contribution in [-0.4, -0.2) is 23.4 Å². The Kier molecular flexibility index (Phi) is 5.60. The Bertz CT molecular complexity index is 449. The summed E-state index contributed by atoms with van der Waals surface area (Å²) in [6.45, 7) is 4.48. The van der Waals surface area contributed by atoms with Crippen LogP contribution in [0.15, 0.2) is 18.2 Å². The van der Waals surface area contributed by atoms with Gasteiger partial charge in [0.2, 0.25) is 0 Å². The van der Waals surface area contributed by atoms with Gasteiger partial charge in [-0.1, -0.05) is 13.8 Å². The van der Waals surface area contributed by atoms with Crippen LogP contribution in [0.5, 0.6) is 5.75 Å². The second-order valence-corrected chi connectivity index (χ2v) is 5.68. The van der Waals surface area contributed by atoms with Crippen LogP contribution in [-0.2, 0) is 0 Å². The first kappa shape index (κ1) is 15.8. The van der Waals surface area contributed by atoms with E-state index in [1.54, 1.807) is 0 Å². The molecule has 0 aliphatic carbocycles. The van der Waals surface area contributed by atoms with Crippen molar-refractivity contribution >= 4 is 17.5 Å². The zero-order valence-electron chi connectivity index (χ0n) is 11.2. The number of phenols is 1. The van der Waals surface area contributed by atoms with Crippen LogP contribution in [0, 0.1) is 11.2 Å². The molecule has 0 aliphatic heterocycles. The molecule has 0 aromatic heterocycles. The number of carbonyl (C=O) groups excluding carboxylic acids is 1. The van der Waals surface area contributed by atoms with Crippen molar-refractivity contribution in [1.29, 1.82) is 0 Å². The van der Waals surface area contributed by atoms with Gasteiger partial charge in [0, 0.05) is 12.4 Å². The molecule has 1 aromatic rings. The second-order valence-electron chi connectivity index (χ2n) is 5.30. The number of carbonyl (C=O) groups is 1. The van der Waals surface area contributed by atoms with Crippen LogP contribution in [0.25, 0.3) is 0 Å². The van der Waals surface area contributed by atoms with Crippen LogP contribution >= 0.6 is 11.6 Å². The normalized spacial score (nSPS) is 11.4. The summed E-state index contributed by atoms with van der Waals surface area (Å²) in [7, 11) is 0. The van der Waals surface area contributed by atoms with Gasteiger partial charge in [-0.15, -0.1) is 11.6 Å². The number of hydrogen-bond donors (Lipinski definition) is 2. The molecule has 1 rings (SSSR count). The first-order valence-electron chi connectivity index (χ1n) is 6.18. The zero-order chi connectivity index (χ0) is 14.5. The molecule has 0 spiro atoms. The summed E-state index contributed by atoms with van der Waals surface area (Å²) in [5.41, 5.74) is -0.138. The Morgan fingerprint density at radius 3 is 2.79 bits per heavy atom. The lowest BCUT2D eigenvalue weighted by Gasteiger charge is -2.24. The lowest BCUT2D eigenvalue weighted by Crippen LogP contribution is -2.34. The molecule has 1 aromatic carbocycles. The van der Waals surface area contributed by atoms with Gasteiger partial charge in [-0.05, 0) is 36.5 Å². The molecule has 5 heteroatoms. The maximum absolute atomic E-state index is 13.0. The van der Waals surface area contributed by atoms with Gasteiger partial charge in [0.1, 0.15) is 11.6 Å². The third-order valence-corrected chi connectivity index (χ3v) is 3.19. The third-order valence-electron chi connectivity index (χ3n) is 2.92. The Balaban J connectivity index is 2.62. The van der Waals surface area contributed by atoms with Gasteiger partial charge in [-0.3, -0.25) is 4.79 Å². The van der Waals surface area contributed by atoms with Crippen molar-refractivity contribution in [1.82, 2.24) is 5.32 Å². The van der Waals surface area contributed by atoms with E-state index >= 15 is 0 Å². The number of alkyl halides is 1. The monoisotopic (exact) mass is 287 g/mol. The molecule has 19 heavy (non-hydrogen) atoms. The second kappa shape index (κ2) is 6.75. The molecule has 0 unspecified atom stereocenters. The number of aromatic hydroxyl groups is 1. The fourth-order valence-corrected chi connectivity index (χ4v) is 1.87. The van der Waals surface area contributed by atoms with Crippen molar-refractivity contribution < 1.29 is 14.3 Å². The third kappa shape index (κ3) is 5.07. The standard InChI is InChI=1S/C14H19ClFNO2/c1-14(2,6-3-7-15)9-17-13(19)11-8-10(16)4-5-12(11)18/h4-5,8,18H,3,6-7,9H2,1-2H3,(H,17,19). The van der Waals surface area contributed by atoms with Gasteiger partial charge < -0.3 is 10.4 Å². The van der Waals surface area contributed by atoms with E-state index in [0.717, 1.165) is 25.0 Å². The molecule has 0 aliphatic rings. The molecule has 106 valence electrons. The first-order valence-corrected chi connectivity index (χ1v) is 6.72. The van der Waals surface area contributed by atoms with Gasteiger partial charge in [0.25, 0.3) is 5.91 Å². The Hall–Kier alpha value is -1.29. The Labute approximate surface area is 117 Å². The highest BCUT2D eigenvalue weighted by molar-refractivity contribution is 6.17. The molecular formula is C14H19ClFNO2. The van der Waals surface area contributed by atoms with E-state index in [-0.39, 0.29) is 16.7 Å². The summed E-state index contributed by atoms with van der Waals surface area (Å²) in [5.74, 6) is -0.667. The predicted octanol–water partition coefficient (Wildman–Crippen LogP) is 3.31. The quantitative estimate of drug-likeness (QED) is 0.789. The topological polar surface area (TPSA) is 49.3 Å². The molecule has 0 bridgehead atoms. The highest BCUT2D eigenvalue weighted by atomic mass is 35.5. The summed E-state index contributed by atoms with van der Waals surface area (Å²) < 4.78 is 13.0. The van der Waals surface area contributed by atoms with Crippen LogP contribution < -0.4 is 5.32 Å². The largest absolute Gasteiger partial charge is 0.507 e. The summed E-state index contributed by atoms with van der Waals surface area (Å²) in [5, 5.41) is 12.2. The van der Waals surface area contributed by atoms with Crippen molar-refractivity contribution in [3.8, 4) is 5.75 Å². The molecule has 3 nitrogen and oxygen atoms in total. The van der Waals surface area contributed by atoms with Gasteiger partial charge in [-0.2, -0.15) is 0 Å². The van der Waals surface area contributed by atoms with Crippen LogP contribution in [0.1, 0.15) is 37.0 Å². The highest BCUT2D eigenvalue weighted by Crippen LogP contribution is 2.22. The van der Waals surface area contributed by atoms with Gasteiger partial charge in [-0.25, -0.2) is 4.39 Å². The minimum atomic E-state index is -0.552. The van der Waals surface area contributed by atoms with Crippen LogP contribution in [0.2, 0.25) is 0 Å². The number of hydrogen-bond acceptors (Lipinski definition) is 2. The SMILES string of the molecule is CC(C)(CCCCl)CNC(=O)c1cc(F)ccc1O. The number of benzene rings is 1. The summed E-state index contributed by atoms with van der Waals surface area (Å²) in [4.78, 5) is 11.9. The van der Waals surface area contributed by atoms with Crippen molar-refractivity contribution in [2.45, 2.75) is 26.7 Å². The Morgan fingerprint density at radius 1 is 1.47 bits per heavy atom. The van der Waals surface area contributed by atoms with Crippen molar-refractivity contribution in [2.75, 3.05) is 12.4 Å². The van der Waals surface area contributed by atoms with Crippen molar-refractivity contribution in [3.63, 3.8) is 0 Å². The molecule has 0 heterocycles. The fraction of sp³-hybridized carbons (Fsp3) is 0.500. The maximum Gasteiger partial charge on any atom is 0.255 e. The van der Waals surface area contributed by atoms with Crippen molar-refractivity contribution in [2.24, 2.45) is 5.41 Å². The van der Waals surface area contributed by atoms with E-state index in [1.165, 1.54) is 6.07 Å². The molecule has 0 radical (unpaired) electrons. The lowest BCUT2D eigenvalue weighted by molar-refractivity contribution is 0.0931. The number of phenolic OH excluding ortho intramolecular Hbond substituents is 1. The van der Waals surface area contributed by atoms with E-state index in [2.05, 4.69) is 5.32 Å². The van der Waals surface area contributed by atoms with Gasteiger partial charge in [0.15, 0.2) is 0 Å². The van der Waals surface area contributed by atoms with Crippen molar-refractivity contribution in [3.05, 3.63) is 29.6 Å². The number of rotatable bonds is 6. The summed E-state index contributed by atoms with van der Waals surface area (Å²) in [6, 6.07) is 3.30. The Morgan fingerprint density at radius 2 is 2.16 bits per heavy atom. The van der Waals surface area contributed by atoms with Gasteiger partial charge in [0.05, 0.1) is 5.56 Å². The van der Waals surface area contributed by atoms with E-state index < -0.39 is 11.7 Å². The molecule has 0 fully saturated rings. The van der Waals surface area contributed by atoms with E-state index in [9.17, 15) is 14.3 Å². The van der Waals surface area contributed by atoms with Gasteiger partial charge >= 0.3 is 0 Å². The lowest BCUT2D eigenvalue weighted by atomic mass is 9.88. The predicted molar refractivity (Wildman–Crippen MR) is 74.1 cm³/mol. The highest BCUT2D eigenvalue weighted by Gasteiger charge is 2.20. The molecule has 0 saturated heterocycles. The molecule has 2 N–H and O–H groups in total. The van der Waals surface area contributed by atoms with E-state index in [1.807, 2.05) is 13.8 Å². The fourth-order valence-electron chi connectivity index (χ4n) is 1.74. The van der Waals surface area contributed by atoms with Crippen LogP contribution in [0.3, 0.4) is 0 Å². The summed E-state index contributed by atoms with van der Waals surface area (Å²) in [6.07, 6.45) is 1.75. The molecule has 1 amide bonds. The molecule has 0 saturated carbocycles. The first-order chi connectivity index (χ1) is 8.85. The number of nitrogens with one attached hydrogen (secondary N) is 1. The van der Waals surface area contributed by atoms with E-state index in [0.29, 0.717) is 12.4 Å². The number of halogens is 2. The average molecular weight is 288 g/mol. The van der Waals surface area contributed by atoms with Crippen LogP contribution in [0.4, 0.5) is 4.39 Å². The molecule has 0 atom stereocenters. The minimum Gasteiger partial charge on any atom is -0.507 e. The minimum absolute atomic E-state index is 0.0480. The van der Waals surface area contributed by atoms with E-state index in [4.69, 9.17) is 11.6 Å². The number of amides is 1. The maximum atomic E-state index is 13.0. The molecular weight excluding hydrogens is 269 g/mol. The zero-order valence-corrected chi connectivity index (χ0v) is 11.9. The summed E-state index contributed by atoms with van der Waals surface area (Å²) >= 11 is 5.64. The average Bonchev–Trinajstić information content (AvgIpc) is 2.36. The smallest absolute Gasteiger partial charge is 0.255 e.